The fourth-order valence-corrected chi connectivity index (χ4v) is 4.96. The topological polar surface area (TPSA) is 67.9 Å². The number of carbonyl (C=O) groups is 2. The predicted molar refractivity (Wildman–Crippen MR) is 107 cm³/mol. The quantitative estimate of drug-likeness (QED) is 0.761. The van der Waals surface area contributed by atoms with Crippen LogP contribution in [0, 0.1) is 17.8 Å². The van der Waals surface area contributed by atoms with Crippen LogP contribution in [0.1, 0.15) is 39.0 Å². The molecule has 0 spiro atoms. The molecule has 4 rings (SSSR count). The zero-order valence-corrected chi connectivity index (χ0v) is 16.6. The van der Waals surface area contributed by atoms with Gasteiger partial charge in [0, 0.05) is 30.9 Å². The molecule has 3 fully saturated rings. The van der Waals surface area contributed by atoms with E-state index in [4.69, 9.17) is 9.47 Å². The van der Waals surface area contributed by atoms with E-state index >= 15 is 0 Å². The minimum atomic E-state index is -0.787. The van der Waals surface area contributed by atoms with Crippen LogP contribution in [-0.4, -0.2) is 44.3 Å². The van der Waals surface area contributed by atoms with E-state index < -0.39 is 6.10 Å². The van der Waals surface area contributed by atoms with Crippen molar-refractivity contribution in [3.05, 3.63) is 24.3 Å². The minimum Gasteiger partial charge on any atom is -0.453 e. The summed E-state index contributed by atoms with van der Waals surface area (Å²) < 4.78 is 10.8. The monoisotopic (exact) mass is 386 g/mol. The van der Waals surface area contributed by atoms with Crippen LogP contribution in [0.3, 0.4) is 0 Å². The smallest absolute Gasteiger partial charge is 0.306 e. The summed E-state index contributed by atoms with van der Waals surface area (Å²) in [4.78, 5) is 26.9. The number of nitrogens with zero attached hydrogens (tertiary/aromatic N) is 1. The van der Waals surface area contributed by atoms with Crippen molar-refractivity contribution in [2.45, 2.75) is 45.1 Å². The molecule has 2 bridgehead atoms. The molecule has 1 aromatic carbocycles. The van der Waals surface area contributed by atoms with Crippen LogP contribution in [0.25, 0.3) is 0 Å². The van der Waals surface area contributed by atoms with Crippen LogP contribution in [0.4, 0.5) is 11.4 Å². The standard InChI is InChI=1S/C22H30N2O4/c1-15(28-21(25)14-18-13-16-2-3-17(18)12-16)22(26)23-19-4-6-20(7-5-19)24-8-10-27-11-9-24/h4-7,15-18H,2-3,8-14H2,1H3,(H,23,26)/t15-,16-,17-,18+/m0/s1. The molecule has 1 aliphatic heterocycles. The second kappa shape index (κ2) is 8.52. The zero-order chi connectivity index (χ0) is 19.5. The molecule has 1 amide bonds. The summed E-state index contributed by atoms with van der Waals surface area (Å²) in [6.45, 7) is 4.87. The SMILES string of the molecule is C[C@H](OC(=O)C[C@H]1C[C@H]2CC[C@H]1C2)C(=O)Nc1ccc(N2CCOCC2)cc1. The molecular weight excluding hydrogens is 356 g/mol. The van der Waals surface area contributed by atoms with Gasteiger partial charge in [-0.3, -0.25) is 9.59 Å². The molecule has 4 atom stereocenters. The molecule has 0 aromatic heterocycles. The number of amides is 1. The number of ether oxygens (including phenoxy) is 2. The van der Waals surface area contributed by atoms with E-state index in [1.165, 1.54) is 19.3 Å². The highest BCUT2D eigenvalue weighted by molar-refractivity contribution is 5.95. The first kappa shape index (κ1) is 19.2. The Morgan fingerprint density at radius 3 is 2.57 bits per heavy atom. The summed E-state index contributed by atoms with van der Waals surface area (Å²) in [5.41, 5.74) is 1.82. The average Bonchev–Trinajstić information content (AvgIpc) is 3.32. The third-order valence-corrected chi connectivity index (χ3v) is 6.50. The van der Waals surface area contributed by atoms with Crippen molar-refractivity contribution in [2.75, 3.05) is 36.5 Å². The largest absolute Gasteiger partial charge is 0.453 e. The molecule has 152 valence electrons. The average molecular weight is 386 g/mol. The maximum atomic E-state index is 12.4. The van der Waals surface area contributed by atoms with Crippen LogP contribution in [0.5, 0.6) is 0 Å². The molecule has 1 saturated heterocycles. The number of esters is 1. The summed E-state index contributed by atoms with van der Waals surface area (Å²) in [5.74, 6) is 1.41. The first-order valence-corrected chi connectivity index (χ1v) is 10.5. The van der Waals surface area contributed by atoms with Crippen molar-refractivity contribution in [1.82, 2.24) is 0 Å². The lowest BCUT2D eigenvalue weighted by atomic mass is 9.86. The molecule has 1 heterocycles. The van der Waals surface area contributed by atoms with Gasteiger partial charge in [0.25, 0.3) is 5.91 Å². The lowest BCUT2D eigenvalue weighted by Gasteiger charge is -2.29. The Morgan fingerprint density at radius 1 is 1.18 bits per heavy atom. The first-order chi connectivity index (χ1) is 13.6. The fraction of sp³-hybridized carbons (Fsp3) is 0.636. The predicted octanol–water partition coefficient (Wildman–Crippen LogP) is 3.22. The third-order valence-electron chi connectivity index (χ3n) is 6.50. The molecule has 0 unspecified atom stereocenters. The van der Waals surface area contributed by atoms with E-state index in [1.807, 2.05) is 24.3 Å². The maximum absolute atomic E-state index is 12.4. The van der Waals surface area contributed by atoms with E-state index in [1.54, 1.807) is 6.92 Å². The summed E-state index contributed by atoms with van der Waals surface area (Å²) in [6.07, 6.45) is 4.65. The highest BCUT2D eigenvalue weighted by atomic mass is 16.5. The van der Waals surface area contributed by atoms with Gasteiger partial charge in [0.1, 0.15) is 0 Å². The number of carbonyl (C=O) groups excluding carboxylic acids is 2. The number of hydrogen-bond acceptors (Lipinski definition) is 5. The van der Waals surface area contributed by atoms with E-state index in [9.17, 15) is 9.59 Å². The van der Waals surface area contributed by atoms with Gasteiger partial charge in [0.15, 0.2) is 6.10 Å². The lowest BCUT2D eigenvalue weighted by molar-refractivity contribution is -0.154. The Bertz CT molecular complexity index is 699. The highest BCUT2D eigenvalue weighted by Gasteiger charge is 2.40. The van der Waals surface area contributed by atoms with Crippen LogP contribution < -0.4 is 10.2 Å². The second-order valence-electron chi connectivity index (χ2n) is 8.41. The number of benzene rings is 1. The molecule has 6 heteroatoms. The number of fused-ring (bicyclic) bond motifs is 2. The van der Waals surface area contributed by atoms with Gasteiger partial charge in [0.05, 0.1) is 13.2 Å². The molecule has 0 radical (unpaired) electrons. The molecular formula is C22H30N2O4. The van der Waals surface area contributed by atoms with E-state index in [0.29, 0.717) is 23.9 Å². The third kappa shape index (κ3) is 4.49. The number of anilines is 2. The van der Waals surface area contributed by atoms with Gasteiger partial charge in [-0.2, -0.15) is 0 Å². The normalized spacial score (nSPS) is 27.5. The van der Waals surface area contributed by atoms with Gasteiger partial charge in [0.2, 0.25) is 0 Å². The van der Waals surface area contributed by atoms with Gasteiger partial charge >= 0.3 is 5.97 Å². The molecule has 6 nitrogen and oxygen atoms in total. The van der Waals surface area contributed by atoms with Crippen molar-refractivity contribution < 1.29 is 19.1 Å². The van der Waals surface area contributed by atoms with Gasteiger partial charge < -0.3 is 19.7 Å². The van der Waals surface area contributed by atoms with Gasteiger partial charge in [-0.15, -0.1) is 0 Å². The number of morpholine rings is 1. The van der Waals surface area contributed by atoms with Crippen molar-refractivity contribution in [3.8, 4) is 0 Å². The van der Waals surface area contributed by atoms with Crippen molar-refractivity contribution >= 4 is 23.3 Å². The molecule has 2 saturated carbocycles. The molecule has 3 aliphatic rings. The molecule has 1 aromatic rings. The lowest BCUT2D eigenvalue weighted by Crippen LogP contribution is -2.36. The van der Waals surface area contributed by atoms with Crippen molar-refractivity contribution in [3.63, 3.8) is 0 Å². The van der Waals surface area contributed by atoms with Gasteiger partial charge in [-0.1, -0.05) is 6.42 Å². The van der Waals surface area contributed by atoms with Crippen molar-refractivity contribution in [2.24, 2.45) is 17.8 Å². The Morgan fingerprint density at radius 2 is 1.93 bits per heavy atom. The number of hydrogen-bond donors (Lipinski definition) is 1. The van der Waals surface area contributed by atoms with Crippen LogP contribution in [-0.2, 0) is 19.1 Å². The van der Waals surface area contributed by atoms with E-state index in [2.05, 4.69) is 10.2 Å². The van der Waals surface area contributed by atoms with Crippen molar-refractivity contribution in [1.29, 1.82) is 0 Å². The zero-order valence-electron chi connectivity index (χ0n) is 16.6. The van der Waals surface area contributed by atoms with Crippen LogP contribution in [0.15, 0.2) is 24.3 Å². The molecule has 28 heavy (non-hydrogen) atoms. The van der Waals surface area contributed by atoms with Crippen LogP contribution >= 0.6 is 0 Å². The Hall–Kier alpha value is -2.08. The highest BCUT2D eigenvalue weighted by Crippen LogP contribution is 2.49. The summed E-state index contributed by atoms with van der Waals surface area (Å²) >= 11 is 0. The Labute approximate surface area is 166 Å². The minimum absolute atomic E-state index is 0.247. The summed E-state index contributed by atoms with van der Waals surface area (Å²) in [5, 5.41) is 2.84. The Kier molecular flexibility index (Phi) is 5.85. The van der Waals surface area contributed by atoms with E-state index in [0.717, 1.165) is 44.3 Å². The van der Waals surface area contributed by atoms with Crippen LogP contribution in [0.2, 0.25) is 0 Å². The van der Waals surface area contributed by atoms with Gasteiger partial charge in [-0.25, -0.2) is 0 Å². The second-order valence-corrected chi connectivity index (χ2v) is 8.41. The van der Waals surface area contributed by atoms with E-state index in [-0.39, 0.29) is 11.9 Å². The summed E-state index contributed by atoms with van der Waals surface area (Å²) in [7, 11) is 0. The molecule has 1 N–H and O–H groups in total. The fourth-order valence-electron chi connectivity index (χ4n) is 4.96. The van der Waals surface area contributed by atoms with Gasteiger partial charge in [-0.05, 0) is 68.2 Å². The first-order valence-electron chi connectivity index (χ1n) is 10.5. The Balaban J connectivity index is 1.24. The number of rotatable bonds is 6. The number of nitrogens with one attached hydrogen (secondary N) is 1. The maximum Gasteiger partial charge on any atom is 0.306 e. The summed E-state index contributed by atoms with van der Waals surface area (Å²) in [6, 6.07) is 7.75. The molecule has 2 aliphatic carbocycles.